The summed E-state index contributed by atoms with van der Waals surface area (Å²) in [6, 6.07) is 5.60. The number of morpholine rings is 1. The number of ether oxygens (including phenoxy) is 1. The highest BCUT2D eigenvalue weighted by atomic mass is 16.5. The summed E-state index contributed by atoms with van der Waals surface area (Å²) in [5, 5.41) is 7.05. The number of nitrogens with one attached hydrogen (secondary N) is 1. The number of rotatable bonds is 4. The van der Waals surface area contributed by atoms with Crippen molar-refractivity contribution in [3.05, 3.63) is 41.9 Å². The predicted molar refractivity (Wildman–Crippen MR) is 94.1 cm³/mol. The lowest BCUT2D eigenvalue weighted by Crippen LogP contribution is -2.44. The number of hydrogen-bond acceptors (Lipinski definition) is 5. The van der Waals surface area contributed by atoms with E-state index in [-0.39, 0.29) is 12.1 Å². The van der Waals surface area contributed by atoms with Crippen molar-refractivity contribution in [3.8, 4) is 0 Å². The molecule has 0 saturated carbocycles. The van der Waals surface area contributed by atoms with Gasteiger partial charge in [0, 0.05) is 32.5 Å². The zero-order valence-corrected chi connectivity index (χ0v) is 14.8. The fourth-order valence-corrected chi connectivity index (χ4v) is 2.91. The summed E-state index contributed by atoms with van der Waals surface area (Å²) >= 11 is 0. The van der Waals surface area contributed by atoms with Gasteiger partial charge in [0.25, 0.3) is 0 Å². The van der Waals surface area contributed by atoms with Gasteiger partial charge in [0.15, 0.2) is 0 Å². The van der Waals surface area contributed by atoms with Gasteiger partial charge < -0.3 is 14.5 Å². The first-order chi connectivity index (χ1) is 12.0. The molecule has 1 saturated heterocycles. The first-order valence-corrected chi connectivity index (χ1v) is 8.28. The molecular formula is C17H24N6O2. The SMILES string of the molecule is CN(C)Cc1ccnc(NC(=O)N2CCOC(c3ccnn3C)C2)c1. The molecule has 3 rings (SSSR count). The molecule has 1 aliphatic rings. The average molecular weight is 344 g/mol. The second kappa shape index (κ2) is 7.62. The van der Waals surface area contributed by atoms with Gasteiger partial charge in [-0.2, -0.15) is 5.10 Å². The third kappa shape index (κ3) is 4.34. The lowest BCUT2D eigenvalue weighted by atomic mass is 10.2. The molecule has 25 heavy (non-hydrogen) atoms. The Balaban J connectivity index is 1.64. The van der Waals surface area contributed by atoms with Crippen molar-refractivity contribution in [2.24, 2.45) is 7.05 Å². The number of urea groups is 1. The number of nitrogens with zero attached hydrogens (tertiary/aromatic N) is 5. The lowest BCUT2D eigenvalue weighted by molar-refractivity contribution is -0.0175. The first-order valence-electron chi connectivity index (χ1n) is 8.28. The van der Waals surface area contributed by atoms with Crippen molar-refractivity contribution in [1.82, 2.24) is 24.6 Å². The van der Waals surface area contributed by atoms with Crippen molar-refractivity contribution in [2.45, 2.75) is 12.6 Å². The van der Waals surface area contributed by atoms with Gasteiger partial charge in [0.05, 0.1) is 18.8 Å². The van der Waals surface area contributed by atoms with Crippen LogP contribution in [0.4, 0.5) is 10.6 Å². The Bertz CT molecular complexity index is 729. The number of aromatic nitrogens is 3. The normalized spacial score (nSPS) is 17.8. The molecule has 2 amide bonds. The van der Waals surface area contributed by atoms with E-state index in [0.717, 1.165) is 17.8 Å². The Kier molecular flexibility index (Phi) is 5.30. The summed E-state index contributed by atoms with van der Waals surface area (Å²) in [7, 11) is 5.88. The van der Waals surface area contributed by atoms with Crippen LogP contribution >= 0.6 is 0 Å². The van der Waals surface area contributed by atoms with Crippen LogP contribution in [0.25, 0.3) is 0 Å². The Morgan fingerprint density at radius 3 is 2.96 bits per heavy atom. The van der Waals surface area contributed by atoms with Crippen LogP contribution < -0.4 is 5.32 Å². The molecule has 2 aromatic heterocycles. The van der Waals surface area contributed by atoms with Gasteiger partial charge in [-0.1, -0.05) is 0 Å². The van der Waals surface area contributed by atoms with Crippen molar-refractivity contribution in [3.63, 3.8) is 0 Å². The van der Waals surface area contributed by atoms with Crippen LogP contribution in [0.5, 0.6) is 0 Å². The van der Waals surface area contributed by atoms with E-state index in [4.69, 9.17) is 4.74 Å². The first kappa shape index (κ1) is 17.4. The second-order valence-electron chi connectivity index (χ2n) is 6.40. The molecule has 0 bridgehead atoms. The minimum atomic E-state index is -0.167. The maximum atomic E-state index is 12.6. The van der Waals surface area contributed by atoms with Crippen molar-refractivity contribution in [2.75, 3.05) is 39.1 Å². The lowest BCUT2D eigenvalue weighted by Gasteiger charge is -2.32. The summed E-state index contributed by atoms with van der Waals surface area (Å²) in [5.41, 5.74) is 2.06. The largest absolute Gasteiger partial charge is 0.368 e. The molecule has 0 spiro atoms. The van der Waals surface area contributed by atoms with E-state index in [1.165, 1.54) is 0 Å². The van der Waals surface area contributed by atoms with Gasteiger partial charge in [-0.3, -0.25) is 10.00 Å². The van der Waals surface area contributed by atoms with E-state index in [2.05, 4.69) is 20.3 Å². The molecule has 1 N–H and O–H groups in total. The van der Waals surface area contributed by atoms with Gasteiger partial charge in [-0.15, -0.1) is 0 Å². The Hall–Kier alpha value is -2.45. The number of carbonyl (C=O) groups excluding carboxylic acids is 1. The molecule has 1 unspecified atom stereocenters. The summed E-state index contributed by atoms with van der Waals surface area (Å²) in [6.07, 6.45) is 3.28. The van der Waals surface area contributed by atoms with Crippen molar-refractivity contribution < 1.29 is 9.53 Å². The summed E-state index contributed by atoms with van der Waals surface area (Å²) in [6.45, 7) is 2.34. The monoisotopic (exact) mass is 344 g/mol. The van der Waals surface area contributed by atoms with Crippen LogP contribution in [0.2, 0.25) is 0 Å². The van der Waals surface area contributed by atoms with E-state index >= 15 is 0 Å². The summed E-state index contributed by atoms with van der Waals surface area (Å²) in [4.78, 5) is 20.7. The highest BCUT2D eigenvalue weighted by Gasteiger charge is 2.27. The average Bonchev–Trinajstić information content (AvgIpc) is 3.01. The second-order valence-corrected chi connectivity index (χ2v) is 6.40. The number of carbonyl (C=O) groups is 1. The minimum Gasteiger partial charge on any atom is -0.368 e. The third-order valence-corrected chi connectivity index (χ3v) is 4.10. The Labute approximate surface area is 147 Å². The van der Waals surface area contributed by atoms with Crippen molar-refractivity contribution >= 4 is 11.8 Å². The number of anilines is 1. The van der Waals surface area contributed by atoms with Crippen LogP contribution in [0.15, 0.2) is 30.6 Å². The van der Waals surface area contributed by atoms with E-state index in [9.17, 15) is 4.79 Å². The van der Waals surface area contributed by atoms with Crippen LogP contribution in [0, 0.1) is 0 Å². The number of amides is 2. The molecule has 3 heterocycles. The molecule has 134 valence electrons. The number of pyridine rings is 1. The Morgan fingerprint density at radius 2 is 2.24 bits per heavy atom. The van der Waals surface area contributed by atoms with E-state index < -0.39 is 0 Å². The maximum Gasteiger partial charge on any atom is 0.323 e. The third-order valence-electron chi connectivity index (χ3n) is 4.10. The van der Waals surface area contributed by atoms with Crippen molar-refractivity contribution in [1.29, 1.82) is 0 Å². The van der Waals surface area contributed by atoms with Gasteiger partial charge in [-0.05, 0) is 37.9 Å². The molecule has 0 aromatic carbocycles. The van der Waals surface area contributed by atoms with E-state index in [1.807, 2.05) is 39.3 Å². The maximum absolute atomic E-state index is 12.6. The molecule has 0 aliphatic carbocycles. The molecule has 1 aliphatic heterocycles. The highest BCUT2D eigenvalue weighted by molar-refractivity contribution is 5.88. The van der Waals surface area contributed by atoms with Crippen LogP contribution in [0.1, 0.15) is 17.4 Å². The number of aryl methyl sites for hydroxylation is 1. The van der Waals surface area contributed by atoms with Crippen LogP contribution in [0.3, 0.4) is 0 Å². The molecule has 1 atom stereocenters. The van der Waals surface area contributed by atoms with Gasteiger partial charge >= 0.3 is 6.03 Å². The highest BCUT2D eigenvalue weighted by Crippen LogP contribution is 2.22. The molecule has 8 heteroatoms. The van der Waals surface area contributed by atoms with Gasteiger partial charge in [0.2, 0.25) is 0 Å². The minimum absolute atomic E-state index is 0.162. The Morgan fingerprint density at radius 1 is 1.40 bits per heavy atom. The standard InChI is InChI=1S/C17H24N6O2/c1-21(2)11-13-4-6-18-16(10-13)20-17(24)23-8-9-25-15(12-23)14-5-7-19-22(14)3/h4-7,10,15H,8-9,11-12H2,1-3H3,(H,18,20,24). The fourth-order valence-electron chi connectivity index (χ4n) is 2.91. The van der Waals surface area contributed by atoms with Crippen LogP contribution in [-0.2, 0) is 18.3 Å². The molecule has 8 nitrogen and oxygen atoms in total. The zero-order valence-electron chi connectivity index (χ0n) is 14.8. The molecular weight excluding hydrogens is 320 g/mol. The molecule has 0 radical (unpaired) electrons. The quantitative estimate of drug-likeness (QED) is 0.909. The summed E-state index contributed by atoms with van der Waals surface area (Å²) < 4.78 is 7.57. The van der Waals surface area contributed by atoms with E-state index in [1.54, 1.807) is 22.0 Å². The molecule has 1 fully saturated rings. The van der Waals surface area contributed by atoms with E-state index in [0.29, 0.717) is 25.5 Å². The van der Waals surface area contributed by atoms with Gasteiger partial charge in [-0.25, -0.2) is 9.78 Å². The zero-order chi connectivity index (χ0) is 17.8. The number of hydrogen-bond donors (Lipinski definition) is 1. The molecule has 2 aromatic rings. The smallest absolute Gasteiger partial charge is 0.323 e. The van der Waals surface area contributed by atoms with Gasteiger partial charge in [0.1, 0.15) is 11.9 Å². The van der Waals surface area contributed by atoms with Crippen LogP contribution in [-0.4, -0.2) is 64.4 Å². The summed E-state index contributed by atoms with van der Waals surface area (Å²) in [5.74, 6) is 0.563. The fraction of sp³-hybridized carbons (Fsp3) is 0.471. The predicted octanol–water partition coefficient (Wildman–Crippen LogP) is 1.48. The topological polar surface area (TPSA) is 75.5 Å².